The Morgan fingerprint density at radius 1 is 1.28 bits per heavy atom. The van der Waals surface area contributed by atoms with E-state index in [0.29, 0.717) is 24.5 Å². The molecule has 4 nitrogen and oxygen atoms in total. The maximum atomic E-state index is 14.0. The van der Waals surface area contributed by atoms with Crippen LogP contribution in [0.15, 0.2) is 12.1 Å². The first-order chi connectivity index (χ1) is 8.58. The van der Waals surface area contributed by atoms with E-state index in [1.165, 1.54) is 6.07 Å². The lowest BCUT2D eigenvalue weighted by Gasteiger charge is -2.21. The highest BCUT2D eigenvalue weighted by Gasteiger charge is 2.35. The third kappa shape index (κ3) is 2.25. The first kappa shape index (κ1) is 13.4. The van der Waals surface area contributed by atoms with Crippen LogP contribution in [0.1, 0.15) is 0 Å². The smallest absolute Gasteiger partial charge is 0.167 e. The zero-order chi connectivity index (χ0) is 13.3. The van der Waals surface area contributed by atoms with E-state index in [1.54, 1.807) is 25.2 Å². The molecule has 1 heterocycles. The number of anilines is 2. The van der Waals surface area contributed by atoms with Crippen molar-refractivity contribution in [2.45, 2.75) is 12.2 Å². The van der Waals surface area contributed by atoms with Crippen LogP contribution in [0, 0.1) is 5.82 Å². The normalized spacial score (nSPS) is 23.7. The fraction of sp³-hybridized carbons (Fsp3) is 0.500. The van der Waals surface area contributed by atoms with Crippen LogP contribution in [-0.2, 0) is 9.47 Å². The molecule has 0 saturated carbocycles. The Bertz CT molecular complexity index is 432. The molecule has 1 aromatic rings. The van der Waals surface area contributed by atoms with E-state index in [9.17, 15) is 4.39 Å². The summed E-state index contributed by atoms with van der Waals surface area (Å²) in [6.45, 7) is 1.05. The van der Waals surface area contributed by atoms with E-state index in [4.69, 9.17) is 26.8 Å². The molecule has 100 valence electrons. The second-order valence-electron chi connectivity index (χ2n) is 4.25. The molecule has 2 rings (SSSR count). The van der Waals surface area contributed by atoms with E-state index in [-0.39, 0.29) is 17.2 Å². The van der Waals surface area contributed by atoms with Crippen molar-refractivity contribution in [3.05, 3.63) is 23.0 Å². The molecule has 1 aliphatic heterocycles. The molecule has 0 spiro atoms. The molecule has 2 unspecified atom stereocenters. The van der Waals surface area contributed by atoms with Crippen molar-refractivity contribution in [1.29, 1.82) is 0 Å². The second kappa shape index (κ2) is 5.30. The van der Waals surface area contributed by atoms with Gasteiger partial charge in [-0.05, 0) is 12.1 Å². The minimum Gasteiger partial charge on any atom is -0.397 e. The summed E-state index contributed by atoms with van der Waals surface area (Å²) >= 11 is 5.79. The molecule has 6 heteroatoms. The van der Waals surface area contributed by atoms with Crippen molar-refractivity contribution in [1.82, 2.24) is 0 Å². The number of nitrogens with two attached hydrogens (primary N) is 1. The molecule has 1 saturated heterocycles. The molecule has 1 fully saturated rings. The SMILES string of the molecule is COC1CN(c2c(N)ccc(Cl)c2F)CC1OC. The highest BCUT2D eigenvalue weighted by Crippen LogP contribution is 2.34. The lowest BCUT2D eigenvalue weighted by Crippen LogP contribution is -2.27. The molecule has 0 amide bonds. The van der Waals surface area contributed by atoms with Crippen LogP contribution in [0.25, 0.3) is 0 Å². The minimum atomic E-state index is -0.497. The highest BCUT2D eigenvalue weighted by atomic mass is 35.5. The van der Waals surface area contributed by atoms with Crippen molar-refractivity contribution in [2.24, 2.45) is 0 Å². The van der Waals surface area contributed by atoms with Gasteiger partial charge in [-0.15, -0.1) is 0 Å². The summed E-state index contributed by atoms with van der Waals surface area (Å²) in [5.74, 6) is -0.497. The molecule has 0 aliphatic carbocycles. The van der Waals surface area contributed by atoms with Gasteiger partial charge in [-0.1, -0.05) is 11.6 Å². The van der Waals surface area contributed by atoms with Gasteiger partial charge in [0.05, 0.1) is 16.4 Å². The largest absolute Gasteiger partial charge is 0.397 e. The van der Waals surface area contributed by atoms with E-state index < -0.39 is 5.82 Å². The lowest BCUT2D eigenvalue weighted by atomic mass is 10.2. The number of rotatable bonds is 3. The Hall–Kier alpha value is -1.04. The van der Waals surface area contributed by atoms with E-state index in [2.05, 4.69) is 0 Å². The fourth-order valence-corrected chi connectivity index (χ4v) is 2.41. The van der Waals surface area contributed by atoms with Gasteiger partial charge in [0.1, 0.15) is 12.2 Å². The molecule has 0 bridgehead atoms. The maximum Gasteiger partial charge on any atom is 0.167 e. The molecule has 1 aliphatic rings. The van der Waals surface area contributed by atoms with Crippen LogP contribution in [0.5, 0.6) is 0 Å². The van der Waals surface area contributed by atoms with Gasteiger partial charge in [0.2, 0.25) is 0 Å². The van der Waals surface area contributed by atoms with Gasteiger partial charge < -0.3 is 20.1 Å². The summed E-state index contributed by atoms with van der Waals surface area (Å²) in [6.07, 6.45) is -0.208. The Labute approximate surface area is 110 Å². The van der Waals surface area contributed by atoms with Gasteiger partial charge in [0.15, 0.2) is 5.82 Å². The first-order valence-electron chi connectivity index (χ1n) is 5.62. The van der Waals surface area contributed by atoms with Crippen LogP contribution in [0.2, 0.25) is 5.02 Å². The van der Waals surface area contributed by atoms with Crippen LogP contribution in [-0.4, -0.2) is 39.5 Å². The topological polar surface area (TPSA) is 47.7 Å². The van der Waals surface area contributed by atoms with Crippen molar-refractivity contribution >= 4 is 23.0 Å². The lowest BCUT2D eigenvalue weighted by molar-refractivity contribution is -0.00461. The number of halogens is 2. The number of nitrogen functional groups attached to an aromatic ring is 1. The second-order valence-corrected chi connectivity index (χ2v) is 4.66. The van der Waals surface area contributed by atoms with Crippen LogP contribution in [0.4, 0.5) is 15.8 Å². The fourth-order valence-electron chi connectivity index (χ4n) is 2.26. The average molecular weight is 275 g/mol. The number of ether oxygens (including phenoxy) is 2. The predicted molar refractivity (Wildman–Crippen MR) is 69.6 cm³/mol. The van der Waals surface area contributed by atoms with Gasteiger partial charge in [0, 0.05) is 27.3 Å². The molecular formula is C12H16ClFN2O2. The third-order valence-electron chi connectivity index (χ3n) is 3.24. The zero-order valence-corrected chi connectivity index (χ0v) is 11.1. The summed E-state index contributed by atoms with van der Waals surface area (Å²) < 4.78 is 24.7. The monoisotopic (exact) mass is 274 g/mol. The summed E-state index contributed by atoms with van der Waals surface area (Å²) in [5, 5.41) is 0.0639. The van der Waals surface area contributed by atoms with E-state index >= 15 is 0 Å². The summed E-state index contributed by atoms with van der Waals surface area (Å²) in [5.41, 5.74) is 6.51. The summed E-state index contributed by atoms with van der Waals surface area (Å²) in [6, 6.07) is 3.05. The molecular weight excluding hydrogens is 259 g/mol. The van der Waals surface area contributed by atoms with Crippen LogP contribution in [0.3, 0.4) is 0 Å². The van der Waals surface area contributed by atoms with Crippen molar-refractivity contribution < 1.29 is 13.9 Å². The number of hydrogen-bond acceptors (Lipinski definition) is 4. The van der Waals surface area contributed by atoms with E-state index in [0.717, 1.165) is 0 Å². The maximum absolute atomic E-state index is 14.0. The molecule has 2 N–H and O–H groups in total. The Kier molecular flexibility index (Phi) is 3.94. The van der Waals surface area contributed by atoms with Crippen molar-refractivity contribution in [3.63, 3.8) is 0 Å². The quantitative estimate of drug-likeness (QED) is 0.856. The van der Waals surface area contributed by atoms with Crippen LogP contribution < -0.4 is 10.6 Å². The molecule has 18 heavy (non-hydrogen) atoms. The zero-order valence-electron chi connectivity index (χ0n) is 10.3. The van der Waals surface area contributed by atoms with Gasteiger partial charge in [-0.2, -0.15) is 0 Å². The van der Waals surface area contributed by atoms with Gasteiger partial charge in [-0.3, -0.25) is 0 Å². The number of methoxy groups -OCH3 is 2. The van der Waals surface area contributed by atoms with Crippen molar-refractivity contribution in [2.75, 3.05) is 37.9 Å². The Morgan fingerprint density at radius 3 is 2.33 bits per heavy atom. The number of nitrogens with zero attached hydrogens (tertiary/aromatic N) is 1. The molecule has 0 radical (unpaired) electrons. The predicted octanol–water partition coefficient (Wildman–Crippen LogP) is 1.91. The number of hydrogen-bond donors (Lipinski definition) is 1. The van der Waals surface area contributed by atoms with Crippen molar-refractivity contribution in [3.8, 4) is 0 Å². The Balaban J connectivity index is 2.31. The van der Waals surface area contributed by atoms with E-state index in [1.807, 2.05) is 0 Å². The standard InChI is InChI=1S/C12H16ClFN2O2/c1-17-9-5-16(6-10(9)18-2)12-8(15)4-3-7(13)11(12)14/h3-4,9-10H,5-6,15H2,1-2H3. The average Bonchev–Trinajstić information content (AvgIpc) is 2.77. The number of benzene rings is 1. The Morgan fingerprint density at radius 2 is 1.83 bits per heavy atom. The molecule has 0 aromatic heterocycles. The van der Waals surface area contributed by atoms with Gasteiger partial charge in [0.25, 0.3) is 0 Å². The third-order valence-corrected chi connectivity index (χ3v) is 3.53. The summed E-state index contributed by atoms with van der Waals surface area (Å²) in [7, 11) is 3.22. The van der Waals surface area contributed by atoms with Crippen LogP contribution >= 0.6 is 11.6 Å². The van der Waals surface area contributed by atoms with Gasteiger partial charge >= 0.3 is 0 Å². The molecule has 2 atom stereocenters. The highest BCUT2D eigenvalue weighted by molar-refractivity contribution is 6.31. The minimum absolute atomic E-state index is 0.0639. The first-order valence-corrected chi connectivity index (χ1v) is 6.00. The summed E-state index contributed by atoms with van der Waals surface area (Å²) in [4.78, 5) is 1.80. The van der Waals surface area contributed by atoms with Gasteiger partial charge in [-0.25, -0.2) is 4.39 Å². The molecule has 1 aromatic carbocycles.